The summed E-state index contributed by atoms with van der Waals surface area (Å²) in [5.74, 6) is -0.347. The van der Waals surface area contributed by atoms with Crippen molar-refractivity contribution in [3.8, 4) is 11.4 Å². The molecule has 0 atom stereocenters. The predicted molar refractivity (Wildman–Crippen MR) is 74.5 cm³/mol. The summed E-state index contributed by atoms with van der Waals surface area (Å²) >= 11 is 1.39. The van der Waals surface area contributed by atoms with Gasteiger partial charge in [-0.3, -0.25) is 9.78 Å². The van der Waals surface area contributed by atoms with Crippen LogP contribution in [0.25, 0.3) is 11.4 Å². The molecule has 2 heterocycles. The van der Waals surface area contributed by atoms with Crippen molar-refractivity contribution in [1.82, 2.24) is 25.0 Å². The Labute approximate surface area is 123 Å². The molecule has 0 aliphatic rings. The van der Waals surface area contributed by atoms with Gasteiger partial charge in [0.25, 0.3) is 0 Å². The van der Waals surface area contributed by atoms with Crippen molar-refractivity contribution in [3.63, 3.8) is 0 Å². The Morgan fingerprint density at radius 3 is 2.67 bits per heavy atom. The van der Waals surface area contributed by atoms with Gasteiger partial charge in [-0.15, -0.1) is 5.10 Å². The Bertz CT molecular complexity index is 747. The van der Waals surface area contributed by atoms with Gasteiger partial charge in [0, 0.05) is 30.6 Å². The number of H-pyrrole nitrogens is 1. The molecule has 5 nitrogen and oxygen atoms in total. The molecule has 0 spiro atoms. The van der Waals surface area contributed by atoms with Crippen LogP contribution in [-0.2, 0) is 12.8 Å². The van der Waals surface area contributed by atoms with E-state index < -0.39 is 11.6 Å². The Morgan fingerprint density at radius 1 is 1.24 bits per heavy atom. The van der Waals surface area contributed by atoms with E-state index in [4.69, 9.17) is 0 Å². The Morgan fingerprint density at radius 2 is 2.00 bits per heavy atom. The lowest BCUT2D eigenvalue weighted by Crippen LogP contribution is -1.89. The zero-order chi connectivity index (χ0) is 14.8. The van der Waals surface area contributed by atoms with Crippen LogP contribution in [-0.4, -0.2) is 25.0 Å². The molecule has 8 heteroatoms. The van der Waals surface area contributed by atoms with E-state index in [0.717, 1.165) is 11.8 Å². The summed E-state index contributed by atoms with van der Waals surface area (Å²) in [6.07, 6.45) is 1.86. The van der Waals surface area contributed by atoms with E-state index in [-0.39, 0.29) is 0 Å². The summed E-state index contributed by atoms with van der Waals surface area (Å²) in [7, 11) is 1.84. The normalized spacial score (nSPS) is 11.0. The van der Waals surface area contributed by atoms with E-state index in [1.807, 2.05) is 19.3 Å². The van der Waals surface area contributed by atoms with Crippen molar-refractivity contribution in [2.45, 2.75) is 10.9 Å². The number of rotatable bonds is 4. The molecule has 0 unspecified atom stereocenters. The van der Waals surface area contributed by atoms with Crippen molar-refractivity contribution in [2.24, 2.45) is 7.05 Å². The van der Waals surface area contributed by atoms with E-state index in [0.29, 0.717) is 22.3 Å². The molecule has 0 radical (unpaired) electrons. The molecule has 3 aromatic rings. The molecule has 2 aromatic heterocycles. The second-order valence-electron chi connectivity index (χ2n) is 4.39. The average Bonchev–Trinajstić information content (AvgIpc) is 3.04. The number of thioether (sulfide) groups is 1. The number of halogens is 2. The topological polar surface area (TPSA) is 59.4 Å². The molecule has 0 bridgehead atoms. The molecule has 0 saturated carbocycles. The lowest BCUT2D eigenvalue weighted by Gasteiger charge is -1.97. The van der Waals surface area contributed by atoms with Crippen molar-refractivity contribution in [2.75, 3.05) is 0 Å². The van der Waals surface area contributed by atoms with Gasteiger partial charge in [0.2, 0.25) is 5.16 Å². The number of aromatic amines is 1. The summed E-state index contributed by atoms with van der Waals surface area (Å²) in [6, 6.07) is 5.13. The quantitative estimate of drug-likeness (QED) is 0.753. The van der Waals surface area contributed by atoms with Crippen LogP contribution in [0.3, 0.4) is 0 Å². The first-order valence-electron chi connectivity index (χ1n) is 6.10. The van der Waals surface area contributed by atoms with E-state index in [1.54, 1.807) is 4.68 Å². The highest BCUT2D eigenvalue weighted by molar-refractivity contribution is 7.98. The smallest absolute Gasteiger partial charge is 0.209 e. The molecular weight excluding hydrogens is 296 g/mol. The fraction of sp³-hybridized carbons (Fsp3) is 0.154. The number of hydrogen-bond acceptors (Lipinski definition) is 4. The lowest BCUT2D eigenvalue weighted by atomic mass is 10.2. The minimum absolute atomic E-state index is 0.324. The van der Waals surface area contributed by atoms with Crippen LogP contribution >= 0.6 is 11.8 Å². The first-order chi connectivity index (χ1) is 10.1. The Kier molecular flexibility index (Phi) is 3.70. The largest absolute Gasteiger partial charge is 0.276 e. The molecule has 0 amide bonds. The summed E-state index contributed by atoms with van der Waals surface area (Å²) < 4.78 is 28.1. The highest BCUT2D eigenvalue weighted by Gasteiger charge is 2.09. The van der Waals surface area contributed by atoms with Crippen molar-refractivity contribution in [3.05, 3.63) is 47.8 Å². The van der Waals surface area contributed by atoms with Gasteiger partial charge in [-0.1, -0.05) is 11.8 Å². The van der Waals surface area contributed by atoms with Gasteiger partial charge >= 0.3 is 0 Å². The van der Waals surface area contributed by atoms with Gasteiger partial charge in [-0.05, 0) is 18.2 Å². The maximum Gasteiger partial charge on any atom is 0.209 e. The second-order valence-corrected chi connectivity index (χ2v) is 5.34. The van der Waals surface area contributed by atoms with Gasteiger partial charge in [0.05, 0.1) is 5.69 Å². The second kappa shape index (κ2) is 5.65. The number of aromatic nitrogens is 5. The van der Waals surface area contributed by atoms with Gasteiger partial charge in [0.15, 0.2) is 5.82 Å². The fourth-order valence-electron chi connectivity index (χ4n) is 1.81. The molecule has 3 rings (SSSR count). The first-order valence-corrected chi connectivity index (χ1v) is 7.09. The maximum atomic E-state index is 13.2. The molecule has 0 saturated heterocycles. The van der Waals surface area contributed by atoms with E-state index in [1.165, 1.54) is 23.9 Å². The summed E-state index contributed by atoms with van der Waals surface area (Å²) in [6.45, 7) is 0. The number of nitrogens with one attached hydrogen (secondary N) is 1. The van der Waals surface area contributed by atoms with Crippen LogP contribution in [0.15, 0.2) is 35.6 Å². The molecule has 0 fully saturated rings. The number of hydrogen-bond donors (Lipinski definition) is 1. The number of aryl methyl sites for hydroxylation is 1. The Balaban J connectivity index is 1.73. The standard InChI is InChI=1S/C13H11F2N5S/c1-20-3-2-11(19-20)7-21-13-16-12(17-18-13)8-4-9(14)6-10(15)5-8/h2-6H,7H2,1H3,(H,16,17,18). The van der Waals surface area contributed by atoms with Gasteiger partial charge in [-0.25, -0.2) is 13.8 Å². The number of nitrogens with zero attached hydrogens (tertiary/aromatic N) is 4. The van der Waals surface area contributed by atoms with Gasteiger partial charge in [-0.2, -0.15) is 5.10 Å². The van der Waals surface area contributed by atoms with Crippen molar-refractivity contribution in [1.29, 1.82) is 0 Å². The predicted octanol–water partition coefficient (Wildman–Crippen LogP) is 2.78. The van der Waals surface area contributed by atoms with Crippen LogP contribution in [0.2, 0.25) is 0 Å². The first kappa shape index (κ1) is 13.7. The van der Waals surface area contributed by atoms with Crippen LogP contribution in [0.1, 0.15) is 5.69 Å². The third kappa shape index (κ3) is 3.27. The van der Waals surface area contributed by atoms with Gasteiger partial charge in [0.1, 0.15) is 11.6 Å². The van der Waals surface area contributed by atoms with E-state index in [9.17, 15) is 8.78 Å². The van der Waals surface area contributed by atoms with Crippen molar-refractivity contribution < 1.29 is 8.78 Å². The number of benzene rings is 1. The summed E-state index contributed by atoms with van der Waals surface area (Å²) in [4.78, 5) is 4.21. The van der Waals surface area contributed by atoms with Crippen LogP contribution < -0.4 is 0 Å². The highest BCUT2D eigenvalue weighted by atomic mass is 32.2. The summed E-state index contributed by atoms with van der Waals surface area (Å²) in [5.41, 5.74) is 1.23. The zero-order valence-corrected chi connectivity index (χ0v) is 11.9. The third-order valence-electron chi connectivity index (χ3n) is 2.72. The SMILES string of the molecule is Cn1ccc(CSc2n[nH]c(-c3cc(F)cc(F)c3)n2)n1. The molecular formula is C13H11F2N5S. The molecule has 21 heavy (non-hydrogen) atoms. The van der Waals surface area contributed by atoms with Crippen molar-refractivity contribution >= 4 is 11.8 Å². The van der Waals surface area contributed by atoms with E-state index >= 15 is 0 Å². The minimum Gasteiger partial charge on any atom is -0.276 e. The minimum atomic E-state index is -0.649. The molecule has 0 aliphatic carbocycles. The molecule has 108 valence electrons. The van der Waals surface area contributed by atoms with Gasteiger partial charge < -0.3 is 0 Å². The third-order valence-corrected chi connectivity index (χ3v) is 3.60. The Hall–Kier alpha value is -2.22. The molecule has 1 aromatic carbocycles. The van der Waals surface area contributed by atoms with Crippen LogP contribution in [0.5, 0.6) is 0 Å². The molecule has 0 aliphatic heterocycles. The van der Waals surface area contributed by atoms with Crippen LogP contribution in [0.4, 0.5) is 8.78 Å². The fourth-order valence-corrected chi connectivity index (χ4v) is 2.51. The van der Waals surface area contributed by atoms with Crippen LogP contribution in [0, 0.1) is 11.6 Å². The highest BCUT2D eigenvalue weighted by Crippen LogP contribution is 2.22. The zero-order valence-electron chi connectivity index (χ0n) is 11.0. The van der Waals surface area contributed by atoms with E-state index in [2.05, 4.69) is 20.3 Å². The maximum absolute atomic E-state index is 13.2. The summed E-state index contributed by atoms with van der Waals surface area (Å²) in [5, 5.41) is 11.4. The monoisotopic (exact) mass is 307 g/mol. The lowest BCUT2D eigenvalue weighted by molar-refractivity contribution is 0.584. The average molecular weight is 307 g/mol. The molecule has 1 N–H and O–H groups in total.